The van der Waals surface area contributed by atoms with E-state index in [2.05, 4.69) is 24.2 Å². The number of phosphoric ester groups is 2. The van der Waals surface area contributed by atoms with Crippen LogP contribution in [0.5, 0.6) is 0 Å². The van der Waals surface area contributed by atoms with E-state index in [-0.39, 0.29) is 19.6 Å². The van der Waals surface area contributed by atoms with Gasteiger partial charge in [-0.15, -0.1) is 6.58 Å². The molecule has 0 aromatic rings. The van der Waals surface area contributed by atoms with E-state index in [0.717, 1.165) is 5.57 Å². The van der Waals surface area contributed by atoms with Crippen molar-refractivity contribution in [2.75, 3.05) is 13.2 Å². The summed E-state index contributed by atoms with van der Waals surface area (Å²) in [5.74, 6) is 0. The van der Waals surface area contributed by atoms with E-state index >= 15 is 0 Å². The molecule has 28 heavy (non-hydrogen) atoms. The maximum Gasteiger partial charge on any atom is 0.272 e. The maximum atomic E-state index is 10.6. The van der Waals surface area contributed by atoms with Crippen LogP contribution in [-0.4, -0.2) is 13.2 Å². The lowest BCUT2D eigenvalue weighted by Crippen LogP contribution is -2.19. The largest absolute Gasteiger partial charge is 0.790 e. The molecule has 0 N–H and O–H groups in total. The predicted octanol–water partition coefficient (Wildman–Crippen LogP) is -1.43. The van der Waals surface area contributed by atoms with Crippen LogP contribution in [0.1, 0.15) is 27.2 Å². The van der Waals surface area contributed by atoms with Crippen LogP contribution in [0.25, 0.3) is 0 Å². The van der Waals surface area contributed by atoms with Gasteiger partial charge in [0.25, 0.3) is 15.6 Å². The molecule has 0 aliphatic heterocycles. The van der Waals surface area contributed by atoms with Gasteiger partial charge in [-0.05, 0) is 27.2 Å². The molecule has 0 fully saturated rings. The van der Waals surface area contributed by atoms with Crippen LogP contribution in [0.15, 0.2) is 23.8 Å². The van der Waals surface area contributed by atoms with Crippen LogP contribution in [0, 0.1) is 0 Å². The molecule has 0 aliphatic rings. The Kier molecular flexibility index (Phi) is 13.6. The summed E-state index contributed by atoms with van der Waals surface area (Å²) in [5.41, 5.74) is 1.43. The zero-order valence-corrected chi connectivity index (χ0v) is 18.5. The Morgan fingerprint density at radius 2 is 1.21 bits per heavy atom. The maximum absolute atomic E-state index is 10.6. The first-order valence-corrected chi connectivity index (χ1v) is 12.7. The zero-order valence-electron chi connectivity index (χ0n) is 14.9. The summed E-state index contributed by atoms with van der Waals surface area (Å²) in [7, 11) is -21.2. The van der Waals surface area contributed by atoms with Crippen molar-refractivity contribution in [3.63, 3.8) is 0 Å². The Morgan fingerprint density at radius 3 is 1.54 bits per heavy atom. The monoisotopic (exact) mass is 486 g/mol. The summed E-state index contributed by atoms with van der Waals surface area (Å²) in [6.45, 7) is 7.78. The molecular formula is C10H18O14P4-6. The first kappa shape index (κ1) is 30.2. The van der Waals surface area contributed by atoms with Gasteiger partial charge >= 0.3 is 0 Å². The molecule has 0 radical (unpaired) electrons. The smallest absolute Gasteiger partial charge is 0.272 e. The Hall–Kier alpha value is -0.0000000000000000971. The SMILES string of the molecule is C=C(C)CCOP(=O)([O-])OP(=O)([O-])[O-].CC(C)=CCOP(=O)([O-])OP(=O)([O-])[O-]. The van der Waals surface area contributed by atoms with Gasteiger partial charge in [0, 0.05) is 0 Å². The third-order valence-electron chi connectivity index (χ3n) is 1.90. The lowest BCUT2D eigenvalue weighted by molar-refractivity contribution is -0.342. The number of phosphoric acid groups is 4. The van der Waals surface area contributed by atoms with E-state index in [1.54, 1.807) is 20.8 Å². The van der Waals surface area contributed by atoms with Gasteiger partial charge in [-0.3, -0.25) is 17.8 Å². The second kappa shape index (κ2) is 12.6. The van der Waals surface area contributed by atoms with Crippen LogP contribution >= 0.6 is 31.3 Å². The Balaban J connectivity index is 0. The van der Waals surface area contributed by atoms with E-state index in [0.29, 0.717) is 5.57 Å². The van der Waals surface area contributed by atoms with Gasteiger partial charge in [0.05, 0.1) is 28.9 Å². The molecule has 0 bridgehead atoms. The molecular weight excluding hydrogens is 468 g/mol. The highest BCUT2D eigenvalue weighted by Gasteiger charge is 2.11. The minimum absolute atomic E-state index is 0.220. The summed E-state index contributed by atoms with van der Waals surface area (Å²) in [6.07, 6.45) is 1.60. The van der Waals surface area contributed by atoms with Gasteiger partial charge in [0.1, 0.15) is 0 Å². The highest BCUT2D eigenvalue weighted by Crippen LogP contribution is 2.51. The Morgan fingerprint density at radius 1 is 0.821 bits per heavy atom. The molecule has 2 unspecified atom stereocenters. The molecule has 18 heteroatoms. The second-order valence-electron chi connectivity index (χ2n) is 5.07. The molecule has 0 aromatic heterocycles. The highest BCUT2D eigenvalue weighted by atomic mass is 31.3. The molecule has 0 aromatic carbocycles. The summed E-state index contributed by atoms with van der Waals surface area (Å²) in [6, 6.07) is 0. The zero-order chi connectivity index (χ0) is 22.8. The number of hydrogen-bond acceptors (Lipinski definition) is 14. The van der Waals surface area contributed by atoms with E-state index in [9.17, 15) is 47.6 Å². The molecule has 0 rings (SSSR count). The minimum Gasteiger partial charge on any atom is -0.790 e. The molecule has 0 saturated carbocycles. The van der Waals surface area contributed by atoms with Crippen molar-refractivity contribution < 1.29 is 65.3 Å². The fourth-order valence-electron chi connectivity index (χ4n) is 0.919. The average Bonchev–Trinajstić information content (AvgIpc) is 2.31. The fraction of sp³-hybridized carbons (Fsp3) is 0.600. The number of allylic oxidation sites excluding steroid dienone is 1. The Labute approximate surface area is 161 Å². The second-order valence-corrected chi connectivity index (χ2v) is 10.5. The highest BCUT2D eigenvalue weighted by molar-refractivity contribution is 7.59. The lowest BCUT2D eigenvalue weighted by Gasteiger charge is -2.35. The van der Waals surface area contributed by atoms with Gasteiger partial charge in [-0.1, -0.05) is 17.2 Å². The van der Waals surface area contributed by atoms with Crippen molar-refractivity contribution in [3.05, 3.63) is 23.8 Å². The molecule has 0 amide bonds. The number of rotatable bonds is 11. The van der Waals surface area contributed by atoms with E-state index in [4.69, 9.17) is 0 Å². The molecule has 0 spiro atoms. The summed E-state index contributed by atoms with van der Waals surface area (Å²) < 4.78 is 55.6. The normalized spacial score (nSPS) is 16.2. The van der Waals surface area contributed by atoms with Gasteiger partial charge in [-0.2, -0.15) is 0 Å². The standard InChI is InChI=1S/2C5H12O7P2/c2*1-5(2)3-4-11-14(9,10)12-13(6,7)8/h3H,4H2,1-2H3,(H,9,10)(H2,6,7,8);1,3-4H2,2H3,(H,9,10)(H2,6,7,8)/p-6. The Bertz CT molecular complexity index is 714. The van der Waals surface area contributed by atoms with Crippen molar-refractivity contribution in [1.29, 1.82) is 0 Å². The van der Waals surface area contributed by atoms with Gasteiger partial charge in [-0.25, -0.2) is 0 Å². The van der Waals surface area contributed by atoms with Crippen LogP contribution in [0.4, 0.5) is 0 Å². The van der Waals surface area contributed by atoms with Gasteiger partial charge in [0.15, 0.2) is 0 Å². The van der Waals surface area contributed by atoms with Crippen LogP contribution in [0.3, 0.4) is 0 Å². The quantitative estimate of drug-likeness (QED) is 0.240. The number of hydrogen-bond donors (Lipinski definition) is 0. The molecule has 0 saturated heterocycles. The topological polar surface area (TPSA) is 244 Å². The first-order chi connectivity index (χ1) is 12.2. The molecule has 14 nitrogen and oxygen atoms in total. The van der Waals surface area contributed by atoms with Crippen molar-refractivity contribution in [3.8, 4) is 0 Å². The lowest BCUT2D eigenvalue weighted by atomic mass is 10.3. The van der Waals surface area contributed by atoms with E-state index < -0.39 is 31.3 Å². The molecule has 168 valence electrons. The van der Waals surface area contributed by atoms with Crippen molar-refractivity contribution in [1.82, 2.24) is 0 Å². The first-order valence-electron chi connectivity index (χ1n) is 6.90. The van der Waals surface area contributed by atoms with Crippen molar-refractivity contribution in [2.45, 2.75) is 27.2 Å². The van der Waals surface area contributed by atoms with E-state index in [1.807, 2.05) is 0 Å². The molecule has 0 aliphatic carbocycles. The third-order valence-corrected chi connectivity index (χ3v) is 6.07. The summed E-state index contributed by atoms with van der Waals surface area (Å²) in [5, 5.41) is 0. The van der Waals surface area contributed by atoms with Crippen LogP contribution in [0.2, 0.25) is 0 Å². The summed E-state index contributed by atoms with van der Waals surface area (Å²) in [4.78, 5) is 60.9. The predicted molar refractivity (Wildman–Crippen MR) is 83.4 cm³/mol. The minimum atomic E-state index is -5.57. The van der Waals surface area contributed by atoms with E-state index in [1.165, 1.54) is 6.08 Å². The van der Waals surface area contributed by atoms with Gasteiger partial charge in [0.2, 0.25) is 0 Å². The van der Waals surface area contributed by atoms with Crippen LogP contribution < -0.4 is 29.4 Å². The average molecular weight is 486 g/mol. The van der Waals surface area contributed by atoms with Crippen molar-refractivity contribution in [2.24, 2.45) is 0 Å². The fourth-order valence-corrected chi connectivity index (χ4v) is 3.83. The summed E-state index contributed by atoms with van der Waals surface area (Å²) >= 11 is 0. The molecule has 2 atom stereocenters. The van der Waals surface area contributed by atoms with Crippen LogP contribution in [-0.2, 0) is 35.9 Å². The third kappa shape index (κ3) is 24.0. The van der Waals surface area contributed by atoms with Gasteiger partial charge < -0.3 is 47.5 Å². The molecule has 0 heterocycles. The van der Waals surface area contributed by atoms with Crippen molar-refractivity contribution >= 4 is 31.3 Å².